The van der Waals surface area contributed by atoms with Gasteiger partial charge in [0, 0.05) is 7.05 Å². The summed E-state index contributed by atoms with van der Waals surface area (Å²) in [6, 6.07) is 13.2. The third-order valence-corrected chi connectivity index (χ3v) is 5.05. The zero-order chi connectivity index (χ0) is 18.8. The van der Waals surface area contributed by atoms with E-state index in [2.05, 4.69) is 11.4 Å². The van der Waals surface area contributed by atoms with E-state index in [1.807, 2.05) is 30.3 Å². The Morgan fingerprint density at radius 1 is 1.19 bits per heavy atom. The highest BCUT2D eigenvalue weighted by Gasteiger charge is 2.33. The Bertz CT molecular complexity index is 880. The van der Waals surface area contributed by atoms with Gasteiger partial charge in [-0.3, -0.25) is 9.59 Å². The average molecular weight is 366 g/mol. The van der Waals surface area contributed by atoms with Crippen molar-refractivity contribution in [3.8, 4) is 11.5 Å². The van der Waals surface area contributed by atoms with Gasteiger partial charge in [0.25, 0.3) is 11.8 Å². The molecule has 1 atom stereocenters. The van der Waals surface area contributed by atoms with Crippen molar-refractivity contribution in [2.45, 2.75) is 25.4 Å². The van der Waals surface area contributed by atoms with Crippen LogP contribution in [0.5, 0.6) is 11.5 Å². The molecular formula is C21H22N2O4. The number of likely N-dealkylation sites (N-methyl/N-ethyl adjacent to an activating group) is 1. The van der Waals surface area contributed by atoms with E-state index in [1.54, 1.807) is 18.0 Å². The Balaban J connectivity index is 1.49. The molecule has 0 unspecified atom stereocenters. The number of nitrogens with zero attached hydrogens (tertiary/aromatic N) is 1. The first kappa shape index (κ1) is 17.4. The zero-order valence-corrected chi connectivity index (χ0v) is 15.2. The summed E-state index contributed by atoms with van der Waals surface area (Å²) in [7, 11) is 1.55. The minimum atomic E-state index is -0.742. The molecule has 140 valence electrons. The molecule has 27 heavy (non-hydrogen) atoms. The third kappa shape index (κ3) is 3.47. The van der Waals surface area contributed by atoms with Gasteiger partial charge in [-0.25, -0.2) is 0 Å². The topological polar surface area (TPSA) is 67.9 Å². The highest BCUT2D eigenvalue weighted by Crippen LogP contribution is 2.33. The lowest BCUT2D eigenvalue weighted by atomic mass is 10.1. The summed E-state index contributed by atoms with van der Waals surface area (Å²) in [4.78, 5) is 26.4. The summed E-state index contributed by atoms with van der Waals surface area (Å²) in [5.74, 6) is 0.749. The number of benzene rings is 2. The van der Waals surface area contributed by atoms with Gasteiger partial charge in [0.05, 0.1) is 12.2 Å². The van der Waals surface area contributed by atoms with Gasteiger partial charge in [-0.1, -0.05) is 18.2 Å². The number of fused-ring (bicyclic) bond motifs is 2. The third-order valence-electron chi connectivity index (χ3n) is 5.05. The highest BCUT2D eigenvalue weighted by molar-refractivity contribution is 5.98. The number of carbonyl (C=O) groups excluding carboxylic acids is 2. The Labute approximate surface area is 158 Å². The highest BCUT2D eigenvalue weighted by atomic mass is 16.5. The maximum Gasteiger partial charge on any atom is 0.265 e. The van der Waals surface area contributed by atoms with Crippen molar-refractivity contribution >= 4 is 17.5 Å². The van der Waals surface area contributed by atoms with Crippen molar-refractivity contribution in [1.82, 2.24) is 5.32 Å². The first-order chi connectivity index (χ1) is 13.2. The summed E-state index contributed by atoms with van der Waals surface area (Å²) in [6.45, 7) is 0.0661. The van der Waals surface area contributed by atoms with Crippen molar-refractivity contribution in [3.63, 3.8) is 0 Å². The molecule has 1 aliphatic heterocycles. The van der Waals surface area contributed by atoms with Gasteiger partial charge < -0.3 is 19.7 Å². The molecule has 0 saturated carbocycles. The molecule has 2 amide bonds. The molecule has 1 aliphatic carbocycles. The monoisotopic (exact) mass is 366 g/mol. The van der Waals surface area contributed by atoms with Crippen LogP contribution in [-0.4, -0.2) is 38.1 Å². The molecule has 0 radical (unpaired) electrons. The Hall–Kier alpha value is -3.02. The quantitative estimate of drug-likeness (QED) is 0.900. The minimum Gasteiger partial charge on any atom is -0.484 e. The predicted molar refractivity (Wildman–Crippen MR) is 101 cm³/mol. The summed E-state index contributed by atoms with van der Waals surface area (Å²) >= 11 is 0. The lowest BCUT2D eigenvalue weighted by Crippen LogP contribution is -2.51. The second kappa shape index (κ2) is 7.31. The summed E-state index contributed by atoms with van der Waals surface area (Å²) in [5, 5.41) is 2.57. The van der Waals surface area contributed by atoms with E-state index in [4.69, 9.17) is 9.47 Å². The molecule has 6 heteroatoms. The van der Waals surface area contributed by atoms with Crippen LogP contribution in [0.2, 0.25) is 0 Å². The number of anilines is 1. The van der Waals surface area contributed by atoms with Crippen molar-refractivity contribution in [1.29, 1.82) is 0 Å². The lowest BCUT2D eigenvalue weighted by Gasteiger charge is -2.33. The first-order valence-electron chi connectivity index (χ1n) is 9.18. The maximum absolute atomic E-state index is 12.8. The van der Waals surface area contributed by atoms with E-state index in [-0.39, 0.29) is 25.0 Å². The molecule has 0 spiro atoms. The summed E-state index contributed by atoms with van der Waals surface area (Å²) in [6.07, 6.45) is 2.60. The van der Waals surface area contributed by atoms with E-state index in [9.17, 15) is 9.59 Å². The SMILES string of the molecule is CNC(=O)[C@H]1CN(C(=O)COc2ccc3c(c2)CCC3)c2ccccc2O1. The second-order valence-electron chi connectivity index (χ2n) is 6.77. The molecule has 0 bridgehead atoms. The molecule has 6 nitrogen and oxygen atoms in total. The number of hydrogen-bond donors (Lipinski definition) is 1. The zero-order valence-electron chi connectivity index (χ0n) is 15.2. The van der Waals surface area contributed by atoms with Crippen LogP contribution < -0.4 is 19.7 Å². The van der Waals surface area contributed by atoms with Crippen LogP contribution >= 0.6 is 0 Å². The molecular weight excluding hydrogens is 344 g/mol. The molecule has 4 rings (SSSR count). The van der Waals surface area contributed by atoms with Crippen molar-refractivity contribution in [2.24, 2.45) is 0 Å². The van der Waals surface area contributed by atoms with Gasteiger partial charge in [-0.2, -0.15) is 0 Å². The van der Waals surface area contributed by atoms with Crippen molar-refractivity contribution < 1.29 is 19.1 Å². The number of nitrogens with one attached hydrogen (secondary N) is 1. The first-order valence-corrected chi connectivity index (χ1v) is 9.18. The molecule has 0 saturated heterocycles. The molecule has 1 heterocycles. The van der Waals surface area contributed by atoms with Crippen LogP contribution in [0.25, 0.3) is 0 Å². The largest absolute Gasteiger partial charge is 0.484 e. The van der Waals surface area contributed by atoms with Crippen LogP contribution in [0, 0.1) is 0 Å². The van der Waals surface area contributed by atoms with Crippen molar-refractivity contribution in [2.75, 3.05) is 25.1 Å². The predicted octanol–water partition coefficient (Wildman–Crippen LogP) is 2.09. The van der Waals surface area contributed by atoms with E-state index in [0.29, 0.717) is 17.2 Å². The van der Waals surface area contributed by atoms with E-state index >= 15 is 0 Å². The fraction of sp³-hybridized carbons (Fsp3) is 0.333. The van der Waals surface area contributed by atoms with E-state index < -0.39 is 6.10 Å². The molecule has 2 aliphatic rings. The number of rotatable bonds is 4. The lowest BCUT2D eigenvalue weighted by molar-refractivity contribution is -0.128. The molecule has 2 aromatic rings. The van der Waals surface area contributed by atoms with E-state index in [0.717, 1.165) is 12.8 Å². The van der Waals surface area contributed by atoms with E-state index in [1.165, 1.54) is 17.5 Å². The standard InChI is InChI=1S/C21H22N2O4/c1-22-21(25)19-12-23(17-7-2-3-8-18(17)27-19)20(24)13-26-16-10-9-14-5-4-6-15(14)11-16/h2-3,7-11,19H,4-6,12-13H2,1H3,(H,22,25)/t19-/m1/s1. The van der Waals surface area contributed by atoms with Gasteiger partial charge in [-0.05, 0) is 54.7 Å². The van der Waals surface area contributed by atoms with Gasteiger partial charge in [-0.15, -0.1) is 0 Å². The number of hydrogen-bond acceptors (Lipinski definition) is 4. The van der Waals surface area contributed by atoms with Gasteiger partial charge in [0.15, 0.2) is 12.7 Å². The maximum atomic E-state index is 12.8. The van der Waals surface area contributed by atoms with Gasteiger partial charge >= 0.3 is 0 Å². The number of para-hydroxylation sites is 2. The Morgan fingerprint density at radius 3 is 2.85 bits per heavy atom. The minimum absolute atomic E-state index is 0.0897. The summed E-state index contributed by atoms with van der Waals surface area (Å²) < 4.78 is 11.5. The van der Waals surface area contributed by atoms with Gasteiger partial charge in [0.2, 0.25) is 0 Å². The van der Waals surface area contributed by atoms with Crippen LogP contribution in [0.15, 0.2) is 42.5 Å². The van der Waals surface area contributed by atoms with Gasteiger partial charge in [0.1, 0.15) is 11.5 Å². The van der Waals surface area contributed by atoms with Crippen LogP contribution in [0.1, 0.15) is 17.5 Å². The van der Waals surface area contributed by atoms with Crippen molar-refractivity contribution in [3.05, 3.63) is 53.6 Å². The molecule has 2 aromatic carbocycles. The Kier molecular flexibility index (Phi) is 4.71. The Morgan fingerprint density at radius 2 is 2.00 bits per heavy atom. The molecule has 1 N–H and O–H groups in total. The number of aryl methyl sites for hydroxylation is 2. The smallest absolute Gasteiger partial charge is 0.265 e. The van der Waals surface area contributed by atoms with Crippen LogP contribution in [0.3, 0.4) is 0 Å². The number of ether oxygens (including phenoxy) is 2. The number of amides is 2. The molecule has 0 fully saturated rings. The molecule has 0 aromatic heterocycles. The number of carbonyl (C=O) groups is 2. The fourth-order valence-electron chi connectivity index (χ4n) is 3.63. The van der Waals surface area contributed by atoms with Crippen LogP contribution in [-0.2, 0) is 22.4 Å². The average Bonchev–Trinajstić information content (AvgIpc) is 3.18. The normalized spacial score (nSPS) is 17.5. The fourth-order valence-corrected chi connectivity index (χ4v) is 3.63. The van der Waals surface area contributed by atoms with Crippen LogP contribution in [0.4, 0.5) is 5.69 Å². The second-order valence-corrected chi connectivity index (χ2v) is 6.77. The summed E-state index contributed by atoms with van der Waals surface area (Å²) in [5.41, 5.74) is 3.32.